The topological polar surface area (TPSA) is 76.1 Å². The minimum Gasteiger partial charge on any atom is -0.466 e. The second kappa shape index (κ2) is 31.8. The molecule has 0 rings (SSSR count). The molecular formula is C35H69NO5. The van der Waals surface area contributed by atoms with Crippen LogP contribution in [0.4, 0.5) is 0 Å². The van der Waals surface area contributed by atoms with Crippen molar-refractivity contribution in [3.05, 3.63) is 0 Å². The van der Waals surface area contributed by atoms with E-state index in [1.165, 1.54) is 64.2 Å². The highest BCUT2D eigenvalue weighted by Gasteiger charge is 2.15. The second-order valence-corrected chi connectivity index (χ2v) is 12.0. The number of carbonyl (C=O) groups is 2. The Hall–Kier alpha value is -1.14. The van der Waals surface area contributed by atoms with Crippen molar-refractivity contribution < 1.29 is 24.2 Å². The van der Waals surface area contributed by atoms with Gasteiger partial charge in [-0.3, -0.25) is 9.59 Å². The van der Waals surface area contributed by atoms with Gasteiger partial charge in [0.15, 0.2) is 0 Å². The average Bonchev–Trinajstić information content (AvgIpc) is 2.96. The highest BCUT2D eigenvalue weighted by molar-refractivity contribution is 5.69. The zero-order valence-corrected chi connectivity index (χ0v) is 27.6. The number of carbonyl (C=O) groups excluding carboxylic acids is 2. The van der Waals surface area contributed by atoms with Gasteiger partial charge >= 0.3 is 11.9 Å². The quantitative estimate of drug-likeness (QED) is 0.0628. The Balaban J connectivity index is 4.20. The summed E-state index contributed by atoms with van der Waals surface area (Å²) < 4.78 is 11.3. The molecule has 0 aliphatic heterocycles. The van der Waals surface area contributed by atoms with Crippen LogP contribution in [0.5, 0.6) is 0 Å². The Morgan fingerprint density at radius 3 is 1.61 bits per heavy atom. The standard InChI is InChI=1S/C35H69NO5/c1-4-7-10-12-14-17-24-33(25-18-15-13-11-8-5-2)41-35(39)27-20-22-29-36(30-31-37)28-21-16-19-26-34(38)40-32-23-9-6-3/h33,37H,4-32H2,1-3H3. The van der Waals surface area contributed by atoms with Crippen molar-refractivity contribution in [2.24, 2.45) is 0 Å². The number of unbranched alkanes of at least 4 members (excludes halogenated alkanes) is 15. The van der Waals surface area contributed by atoms with Crippen molar-refractivity contribution >= 4 is 11.9 Å². The predicted octanol–water partition coefficient (Wildman–Crippen LogP) is 9.16. The molecule has 0 aliphatic rings. The average molecular weight is 584 g/mol. The molecule has 0 aliphatic carbocycles. The van der Waals surface area contributed by atoms with Gasteiger partial charge in [0, 0.05) is 19.4 Å². The number of aliphatic hydroxyl groups excluding tert-OH is 1. The van der Waals surface area contributed by atoms with Crippen LogP contribution >= 0.6 is 0 Å². The number of hydrogen-bond donors (Lipinski definition) is 1. The Morgan fingerprint density at radius 2 is 1.02 bits per heavy atom. The summed E-state index contributed by atoms with van der Waals surface area (Å²) >= 11 is 0. The zero-order chi connectivity index (χ0) is 30.2. The van der Waals surface area contributed by atoms with Gasteiger partial charge in [-0.25, -0.2) is 0 Å². The monoisotopic (exact) mass is 584 g/mol. The molecule has 0 fully saturated rings. The molecule has 0 saturated heterocycles. The van der Waals surface area contributed by atoms with Crippen LogP contribution in [0.1, 0.15) is 175 Å². The highest BCUT2D eigenvalue weighted by Crippen LogP contribution is 2.18. The molecule has 41 heavy (non-hydrogen) atoms. The zero-order valence-electron chi connectivity index (χ0n) is 27.6. The van der Waals surface area contributed by atoms with Crippen LogP contribution in [0, 0.1) is 0 Å². The van der Waals surface area contributed by atoms with Crippen molar-refractivity contribution in [1.29, 1.82) is 0 Å². The van der Waals surface area contributed by atoms with Crippen molar-refractivity contribution in [2.45, 2.75) is 181 Å². The van der Waals surface area contributed by atoms with Crippen LogP contribution in [-0.2, 0) is 19.1 Å². The van der Waals surface area contributed by atoms with Crippen LogP contribution in [0.25, 0.3) is 0 Å². The van der Waals surface area contributed by atoms with Gasteiger partial charge in [-0.1, -0.05) is 104 Å². The molecule has 0 heterocycles. The largest absolute Gasteiger partial charge is 0.466 e. The SMILES string of the molecule is CCCCCCCCC(CCCCCCCC)OC(=O)CCCCN(CCO)CCCCCC(=O)OCCCCC. The summed E-state index contributed by atoms with van der Waals surface area (Å²) in [4.78, 5) is 26.7. The lowest BCUT2D eigenvalue weighted by molar-refractivity contribution is -0.150. The summed E-state index contributed by atoms with van der Waals surface area (Å²) in [6.45, 7) is 9.78. The summed E-state index contributed by atoms with van der Waals surface area (Å²) in [6.07, 6.45) is 26.1. The molecule has 0 bridgehead atoms. The molecule has 0 unspecified atom stereocenters. The van der Waals surface area contributed by atoms with Crippen LogP contribution < -0.4 is 0 Å². The van der Waals surface area contributed by atoms with Crippen LogP contribution in [-0.4, -0.2) is 60.9 Å². The maximum Gasteiger partial charge on any atom is 0.306 e. The van der Waals surface area contributed by atoms with Crippen molar-refractivity contribution in [1.82, 2.24) is 4.90 Å². The maximum atomic E-state index is 12.7. The lowest BCUT2D eigenvalue weighted by Crippen LogP contribution is -2.29. The fraction of sp³-hybridized carbons (Fsp3) is 0.943. The number of aliphatic hydroxyl groups is 1. The van der Waals surface area contributed by atoms with Gasteiger partial charge in [0.25, 0.3) is 0 Å². The first-order chi connectivity index (χ1) is 20.1. The van der Waals surface area contributed by atoms with Gasteiger partial charge in [-0.2, -0.15) is 0 Å². The van der Waals surface area contributed by atoms with Crippen molar-refractivity contribution in [2.75, 3.05) is 32.8 Å². The van der Waals surface area contributed by atoms with E-state index in [1.807, 2.05) is 0 Å². The molecule has 0 amide bonds. The van der Waals surface area contributed by atoms with Crippen LogP contribution in [0.15, 0.2) is 0 Å². The van der Waals surface area contributed by atoms with E-state index >= 15 is 0 Å². The molecule has 0 radical (unpaired) electrons. The summed E-state index contributed by atoms with van der Waals surface area (Å²) in [5.41, 5.74) is 0. The van der Waals surface area contributed by atoms with E-state index < -0.39 is 0 Å². The van der Waals surface area contributed by atoms with E-state index in [4.69, 9.17) is 9.47 Å². The van der Waals surface area contributed by atoms with Gasteiger partial charge in [0.05, 0.1) is 13.2 Å². The molecule has 6 heteroatoms. The fourth-order valence-corrected chi connectivity index (χ4v) is 5.29. The van der Waals surface area contributed by atoms with Gasteiger partial charge < -0.3 is 19.5 Å². The van der Waals surface area contributed by atoms with Crippen molar-refractivity contribution in [3.63, 3.8) is 0 Å². The summed E-state index contributed by atoms with van der Waals surface area (Å²) in [5, 5.41) is 9.46. The molecule has 0 aromatic carbocycles. The van der Waals surface area contributed by atoms with Crippen LogP contribution in [0.3, 0.4) is 0 Å². The van der Waals surface area contributed by atoms with Crippen LogP contribution in [0.2, 0.25) is 0 Å². The Morgan fingerprint density at radius 1 is 0.561 bits per heavy atom. The van der Waals surface area contributed by atoms with E-state index in [-0.39, 0.29) is 24.6 Å². The summed E-state index contributed by atoms with van der Waals surface area (Å²) in [7, 11) is 0. The minimum atomic E-state index is -0.0820. The number of ether oxygens (including phenoxy) is 2. The molecule has 0 aromatic rings. The third-order valence-electron chi connectivity index (χ3n) is 7.95. The number of hydrogen-bond acceptors (Lipinski definition) is 6. The van der Waals surface area contributed by atoms with Gasteiger partial charge in [-0.05, 0) is 70.9 Å². The third kappa shape index (κ3) is 28.7. The molecule has 6 nitrogen and oxygen atoms in total. The predicted molar refractivity (Wildman–Crippen MR) is 172 cm³/mol. The van der Waals surface area contributed by atoms with E-state index in [9.17, 15) is 14.7 Å². The third-order valence-corrected chi connectivity index (χ3v) is 7.95. The molecule has 0 atom stereocenters. The van der Waals surface area contributed by atoms with Gasteiger partial charge in [0.1, 0.15) is 6.10 Å². The van der Waals surface area contributed by atoms with Gasteiger partial charge in [-0.15, -0.1) is 0 Å². The molecule has 0 spiro atoms. The molecular weight excluding hydrogens is 514 g/mol. The summed E-state index contributed by atoms with van der Waals surface area (Å²) in [5.74, 6) is -0.122. The summed E-state index contributed by atoms with van der Waals surface area (Å²) in [6, 6.07) is 0. The molecule has 244 valence electrons. The number of nitrogens with zero attached hydrogens (tertiary/aromatic N) is 1. The Bertz CT molecular complexity index is 555. The van der Waals surface area contributed by atoms with E-state index in [2.05, 4.69) is 25.7 Å². The Labute approximate surface area is 254 Å². The smallest absolute Gasteiger partial charge is 0.306 e. The lowest BCUT2D eigenvalue weighted by Gasteiger charge is -2.21. The fourth-order valence-electron chi connectivity index (χ4n) is 5.29. The van der Waals surface area contributed by atoms with Gasteiger partial charge in [0.2, 0.25) is 0 Å². The van der Waals surface area contributed by atoms with E-state index in [0.717, 1.165) is 90.1 Å². The number of esters is 2. The van der Waals surface area contributed by atoms with E-state index in [1.54, 1.807) is 0 Å². The molecule has 0 saturated carbocycles. The highest BCUT2D eigenvalue weighted by atomic mass is 16.5. The number of rotatable bonds is 32. The Kier molecular flexibility index (Phi) is 30.9. The molecule has 0 aromatic heterocycles. The second-order valence-electron chi connectivity index (χ2n) is 12.0. The minimum absolute atomic E-state index is 0.0396. The maximum absolute atomic E-state index is 12.7. The van der Waals surface area contributed by atoms with E-state index in [0.29, 0.717) is 26.0 Å². The normalized spacial score (nSPS) is 11.5. The molecule has 1 N–H and O–H groups in total. The first-order valence-electron chi connectivity index (χ1n) is 17.8. The first kappa shape index (κ1) is 39.9. The first-order valence-corrected chi connectivity index (χ1v) is 17.8. The van der Waals surface area contributed by atoms with Crippen molar-refractivity contribution in [3.8, 4) is 0 Å². The lowest BCUT2D eigenvalue weighted by atomic mass is 10.0.